The van der Waals surface area contributed by atoms with E-state index >= 15 is 0 Å². The van der Waals surface area contributed by atoms with E-state index in [9.17, 15) is 0 Å². The number of aromatic nitrogens is 2. The fourth-order valence-electron chi connectivity index (χ4n) is 7.45. The Balaban J connectivity index is 1.33. The highest BCUT2D eigenvalue weighted by molar-refractivity contribution is 7.99. The Morgan fingerprint density at radius 3 is 1.85 bits per heavy atom. The molecule has 4 heteroatoms. The van der Waals surface area contributed by atoms with Gasteiger partial charge in [-0.15, -0.1) is 11.3 Å². The maximum Gasteiger partial charge on any atom is 0.156 e. The van der Waals surface area contributed by atoms with E-state index < -0.39 is 5.41 Å². The summed E-state index contributed by atoms with van der Waals surface area (Å²) in [6.07, 6.45) is 4.39. The second kappa shape index (κ2) is 11.4. The van der Waals surface area contributed by atoms with Crippen molar-refractivity contribution in [2.45, 2.75) is 22.1 Å². The third-order valence-corrected chi connectivity index (χ3v) is 11.6. The van der Waals surface area contributed by atoms with E-state index in [1.165, 1.54) is 47.7 Å². The molecule has 0 unspecified atom stereocenters. The lowest BCUT2D eigenvalue weighted by Gasteiger charge is -2.40. The maximum atomic E-state index is 5.17. The van der Waals surface area contributed by atoms with E-state index in [1.807, 2.05) is 23.9 Å². The van der Waals surface area contributed by atoms with E-state index in [2.05, 4.69) is 152 Å². The number of hydrogen-bond donors (Lipinski definition) is 0. The molecular weight excluding hydrogens is 621 g/mol. The van der Waals surface area contributed by atoms with Crippen LogP contribution in [0.4, 0.5) is 0 Å². The second-order valence-electron chi connectivity index (χ2n) is 12.3. The fourth-order valence-corrected chi connectivity index (χ4v) is 9.45. The van der Waals surface area contributed by atoms with Crippen molar-refractivity contribution in [3.8, 4) is 22.5 Å². The summed E-state index contributed by atoms with van der Waals surface area (Å²) in [5.41, 5.74) is 11.9. The number of fused-ring (bicyclic) bond motifs is 7. The van der Waals surface area contributed by atoms with Gasteiger partial charge in [-0.3, -0.25) is 0 Å². The van der Waals surface area contributed by atoms with Crippen LogP contribution >= 0.6 is 23.1 Å². The average Bonchev–Trinajstić information content (AvgIpc) is 3.71. The van der Waals surface area contributed by atoms with Gasteiger partial charge in [0.1, 0.15) is 0 Å². The molecule has 0 N–H and O–H groups in total. The zero-order chi connectivity index (χ0) is 32.2. The van der Waals surface area contributed by atoms with Gasteiger partial charge in [0.2, 0.25) is 0 Å². The summed E-state index contributed by atoms with van der Waals surface area (Å²) >= 11 is 3.66. The molecule has 2 nitrogen and oxygen atoms in total. The molecule has 48 heavy (non-hydrogen) atoms. The summed E-state index contributed by atoms with van der Waals surface area (Å²) in [4.78, 5) is 12.9. The highest BCUT2D eigenvalue weighted by Crippen LogP contribution is 2.62. The van der Waals surface area contributed by atoms with Gasteiger partial charge in [0.15, 0.2) is 5.82 Å². The van der Waals surface area contributed by atoms with Gasteiger partial charge in [-0.2, -0.15) is 0 Å². The Kier molecular flexibility index (Phi) is 6.89. The van der Waals surface area contributed by atoms with Crippen LogP contribution < -0.4 is 0 Å². The number of thiophene rings is 1. The van der Waals surface area contributed by atoms with Crippen molar-refractivity contribution in [1.82, 2.24) is 9.97 Å². The Bertz CT molecular complexity index is 2350. The van der Waals surface area contributed by atoms with E-state index in [0.29, 0.717) is 5.82 Å². The Hall–Kier alpha value is -5.29. The molecule has 0 radical (unpaired) electrons. The van der Waals surface area contributed by atoms with Gasteiger partial charge >= 0.3 is 0 Å². The summed E-state index contributed by atoms with van der Waals surface area (Å²) in [5.74, 6) is 0.713. The Morgan fingerprint density at radius 2 is 1.25 bits per heavy atom. The lowest BCUT2D eigenvalue weighted by atomic mass is 9.66. The molecule has 0 saturated carbocycles. The minimum absolute atomic E-state index is 0.498. The van der Waals surface area contributed by atoms with Crippen LogP contribution in [-0.2, 0) is 5.41 Å². The largest absolute Gasteiger partial charge is 0.228 e. The van der Waals surface area contributed by atoms with Crippen LogP contribution in [0.15, 0.2) is 173 Å². The smallest absolute Gasteiger partial charge is 0.156 e. The summed E-state index contributed by atoms with van der Waals surface area (Å²) in [7, 11) is 0. The molecule has 1 aliphatic heterocycles. The molecule has 0 atom stereocenters. The molecule has 2 aliphatic rings. The average molecular weight is 651 g/mol. The van der Waals surface area contributed by atoms with Crippen LogP contribution in [0.5, 0.6) is 0 Å². The summed E-state index contributed by atoms with van der Waals surface area (Å²) in [5, 5.41) is 3.45. The second-order valence-corrected chi connectivity index (χ2v) is 14.3. The molecule has 9 rings (SSSR count). The first-order chi connectivity index (χ1) is 23.6. The van der Waals surface area contributed by atoms with Gasteiger partial charge in [-0.05, 0) is 99.1 Å². The van der Waals surface area contributed by atoms with Crippen molar-refractivity contribution >= 4 is 44.3 Å². The predicted octanol–water partition coefficient (Wildman–Crippen LogP) is 11.9. The molecule has 3 heterocycles. The van der Waals surface area contributed by atoms with Crippen LogP contribution in [0, 0.1) is 0 Å². The first-order valence-electron chi connectivity index (χ1n) is 16.1. The van der Waals surface area contributed by atoms with Crippen molar-refractivity contribution in [3.63, 3.8) is 0 Å². The summed E-state index contributed by atoms with van der Waals surface area (Å²) < 4.78 is 1.29. The van der Waals surface area contributed by atoms with Crippen molar-refractivity contribution in [3.05, 3.63) is 191 Å². The van der Waals surface area contributed by atoms with Gasteiger partial charge in [-0.25, -0.2) is 9.97 Å². The van der Waals surface area contributed by atoms with Crippen molar-refractivity contribution in [2.24, 2.45) is 0 Å². The lowest BCUT2D eigenvalue weighted by Crippen LogP contribution is -2.32. The fraction of sp³-hybridized carbons (Fsp3) is 0.0455. The zero-order valence-corrected chi connectivity index (χ0v) is 28.0. The predicted molar refractivity (Wildman–Crippen MR) is 202 cm³/mol. The quantitative estimate of drug-likeness (QED) is 0.185. The van der Waals surface area contributed by atoms with E-state index in [-0.39, 0.29) is 0 Å². The molecular formula is C44H30N2S2. The van der Waals surface area contributed by atoms with Gasteiger partial charge in [0.25, 0.3) is 0 Å². The SMILES string of the molecule is C=CC1=C(/C=C(\C)c2nc(-c3ccccc3)cc(-c3ccccc3)n2)c2cc3ccsc3cc2C12c1ccccc1Sc1ccccc12. The minimum Gasteiger partial charge on any atom is -0.228 e. The van der Waals surface area contributed by atoms with E-state index in [4.69, 9.17) is 9.97 Å². The first kappa shape index (κ1) is 28.9. The molecule has 2 aromatic heterocycles. The zero-order valence-electron chi connectivity index (χ0n) is 26.4. The monoisotopic (exact) mass is 650 g/mol. The number of benzene rings is 5. The van der Waals surface area contributed by atoms with Crippen molar-refractivity contribution < 1.29 is 0 Å². The molecule has 5 aromatic carbocycles. The van der Waals surface area contributed by atoms with E-state index in [1.54, 1.807) is 11.3 Å². The van der Waals surface area contributed by atoms with Crippen LogP contribution in [-0.4, -0.2) is 9.97 Å². The van der Waals surface area contributed by atoms with Gasteiger partial charge in [0.05, 0.1) is 16.8 Å². The number of rotatable bonds is 5. The summed E-state index contributed by atoms with van der Waals surface area (Å²) in [6.45, 7) is 6.63. The molecule has 0 bridgehead atoms. The van der Waals surface area contributed by atoms with Gasteiger partial charge in [0, 0.05) is 25.6 Å². The topological polar surface area (TPSA) is 25.8 Å². The number of hydrogen-bond acceptors (Lipinski definition) is 4. The molecule has 0 saturated heterocycles. The molecule has 1 aliphatic carbocycles. The van der Waals surface area contributed by atoms with Crippen LogP contribution in [0.25, 0.3) is 43.7 Å². The minimum atomic E-state index is -0.498. The molecule has 7 aromatic rings. The Morgan fingerprint density at radius 1 is 0.667 bits per heavy atom. The third-order valence-electron chi connectivity index (χ3n) is 9.57. The van der Waals surface area contributed by atoms with Crippen molar-refractivity contribution in [1.29, 1.82) is 0 Å². The number of allylic oxidation sites excluding steroid dienone is 5. The highest BCUT2D eigenvalue weighted by atomic mass is 32.2. The van der Waals surface area contributed by atoms with Crippen molar-refractivity contribution in [2.75, 3.05) is 0 Å². The van der Waals surface area contributed by atoms with E-state index in [0.717, 1.165) is 33.7 Å². The highest BCUT2D eigenvalue weighted by Gasteiger charge is 2.50. The first-order valence-corrected chi connectivity index (χ1v) is 17.8. The van der Waals surface area contributed by atoms with Crippen LogP contribution in [0.2, 0.25) is 0 Å². The third kappa shape index (κ3) is 4.41. The lowest BCUT2D eigenvalue weighted by molar-refractivity contribution is 0.718. The molecule has 0 fully saturated rings. The standard InChI is InChI=1S/C44H30N2S2/c1-3-34-32(24-28(2)43-45-38(29-14-6-4-7-15-29)27-39(46-43)30-16-8-5-9-17-30)33-25-31-22-23-47-42(31)26-37(33)44(34)35-18-10-12-20-40(35)48-41-21-13-11-19-36(41)44/h3-27H,1H2,2H3/b28-24+. The molecule has 0 amide bonds. The Labute approximate surface area is 288 Å². The maximum absolute atomic E-state index is 5.17. The van der Waals surface area contributed by atoms with Crippen LogP contribution in [0.1, 0.15) is 35.0 Å². The van der Waals surface area contributed by atoms with Crippen LogP contribution in [0.3, 0.4) is 0 Å². The van der Waals surface area contributed by atoms with Gasteiger partial charge in [-0.1, -0.05) is 121 Å². The normalized spacial score (nSPS) is 14.6. The number of nitrogens with zero attached hydrogens (tertiary/aromatic N) is 2. The van der Waals surface area contributed by atoms with Gasteiger partial charge < -0.3 is 0 Å². The summed E-state index contributed by atoms with van der Waals surface area (Å²) in [6, 6.07) is 47.6. The molecule has 1 spiro atoms. The molecule has 228 valence electrons.